The van der Waals surface area contributed by atoms with E-state index in [9.17, 15) is 29.9 Å². The first kappa shape index (κ1) is 47.4. The number of oxime groups is 1. The van der Waals surface area contributed by atoms with E-state index in [4.69, 9.17) is 28.9 Å². The van der Waals surface area contributed by atoms with Gasteiger partial charge in [-0.15, -0.1) is 6.58 Å². The molecule has 14 nitrogen and oxygen atoms in total. The second-order valence-electron chi connectivity index (χ2n) is 17.8. The number of benzene rings is 3. The highest BCUT2D eigenvalue weighted by atomic mass is 16.7. The lowest BCUT2D eigenvalue weighted by Crippen LogP contribution is -2.69. The molecule has 6 atom stereocenters. The third-order valence-corrected chi connectivity index (χ3v) is 13.9. The minimum atomic E-state index is -1.39. The van der Waals surface area contributed by atoms with Gasteiger partial charge < -0.3 is 38.9 Å². The highest BCUT2D eigenvalue weighted by Crippen LogP contribution is 2.62. The predicted molar refractivity (Wildman–Crippen MR) is 245 cm³/mol. The number of nitrogens with zero attached hydrogens (tertiary/aromatic N) is 3. The van der Waals surface area contributed by atoms with Crippen LogP contribution in [-0.4, -0.2) is 83.7 Å². The average molecular weight is 894 g/mol. The largest absolute Gasteiger partial charge is 0.496 e. The van der Waals surface area contributed by atoms with Gasteiger partial charge in [-0.1, -0.05) is 55.8 Å². The Morgan fingerprint density at radius 2 is 1.72 bits per heavy atom. The van der Waals surface area contributed by atoms with Crippen LogP contribution in [0.2, 0.25) is 0 Å². The number of nitro benzene ring substituents is 1. The monoisotopic (exact) mass is 893 g/mol. The van der Waals surface area contributed by atoms with E-state index < -0.39 is 22.7 Å². The van der Waals surface area contributed by atoms with Gasteiger partial charge >= 0.3 is 0 Å². The van der Waals surface area contributed by atoms with Crippen LogP contribution in [0.3, 0.4) is 0 Å². The number of allylic oxidation sites excluding steroid dienone is 1. The summed E-state index contributed by atoms with van der Waals surface area (Å²) in [7, 11) is 3.34. The maximum Gasteiger partial charge on any atom is 0.269 e. The van der Waals surface area contributed by atoms with Crippen molar-refractivity contribution >= 4 is 23.6 Å². The fraction of sp³-hybridized carbons (Fsp3) is 0.510. The fourth-order valence-corrected chi connectivity index (χ4v) is 10.7. The van der Waals surface area contributed by atoms with E-state index in [0.29, 0.717) is 65.0 Å². The molecule has 2 saturated carbocycles. The van der Waals surface area contributed by atoms with Crippen LogP contribution in [0.5, 0.6) is 23.0 Å². The maximum atomic E-state index is 14.5. The van der Waals surface area contributed by atoms with E-state index in [1.165, 1.54) is 32.1 Å². The quantitative estimate of drug-likeness (QED) is 0.0304. The Morgan fingerprint density at radius 3 is 2.42 bits per heavy atom. The van der Waals surface area contributed by atoms with Gasteiger partial charge in [0.2, 0.25) is 11.7 Å². The number of carbonyl (C=O) groups excluding carboxylic acids is 2. The SMILES string of the molecule is C=CCOC12Oc3ccc(Oc4ccc(OC)c(C=O)c4)cc3C3C(CCCCO)C(CCCCO)C=C(C(=NOCc4ccc([N+](=O)[O-])cc4)CC1N(C)C(=O)CCC1CCCC1)C32. The molecular weight excluding hydrogens is 831 g/mol. The van der Waals surface area contributed by atoms with Crippen LogP contribution in [-0.2, 0) is 21.0 Å². The number of methoxy groups -OCH3 is 1. The lowest BCUT2D eigenvalue weighted by atomic mass is 9.55. The number of aliphatic hydroxyl groups excluding tert-OH is 2. The lowest BCUT2D eigenvalue weighted by Gasteiger charge is -2.59. The molecule has 3 aromatic rings. The van der Waals surface area contributed by atoms with Crippen molar-refractivity contribution in [2.45, 2.75) is 108 Å². The van der Waals surface area contributed by atoms with Gasteiger partial charge in [0, 0.05) is 56.7 Å². The molecule has 65 heavy (non-hydrogen) atoms. The third-order valence-electron chi connectivity index (χ3n) is 13.9. The van der Waals surface area contributed by atoms with Crippen molar-refractivity contribution in [3.8, 4) is 23.0 Å². The number of hydrogen-bond donors (Lipinski definition) is 2. The van der Waals surface area contributed by atoms with Crippen LogP contribution in [0.4, 0.5) is 5.69 Å². The molecule has 1 aliphatic heterocycles. The highest BCUT2D eigenvalue weighted by Gasteiger charge is 2.65. The molecule has 7 rings (SSSR count). The number of likely N-dealkylation sites (N-methyl/N-ethyl adjacent to an activating group) is 1. The first-order valence-electron chi connectivity index (χ1n) is 23.1. The topological polar surface area (TPSA) is 179 Å². The molecular formula is C51H63N3O11. The van der Waals surface area contributed by atoms with E-state index in [0.717, 1.165) is 62.4 Å². The molecule has 6 unspecified atom stereocenters. The molecule has 0 spiro atoms. The van der Waals surface area contributed by atoms with Crippen LogP contribution < -0.4 is 14.2 Å². The van der Waals surface area contributed by atoms with Crippen LogP contribution in [0.1, 0.15) is 111 Å². The predicted octanol–water partition coefficient (Wildman–Crippen LogP) is 9.47. The van der Waals surface area contributed by atoms with Gasteiger partial charge in [0.15, 0.2) is 6.29 Å². The Labute approximate surface area is 381 Å². The van der Waals surface area contributed by atoms with Crippen molar-refractivity contribution in [2.75, 3.05) is 34.0 Å². The standard InChI is InChI=1S/C51H63N3O11/c1-4-27-62-51-47(53(2)48(58)24-17-34-11-5-6-12-34)31-44(52-63-33-35-15-18-38(19-16-35)54(59)60)42-29-36(13-7-9-25-55)41(14-8-10-26-56)49(50(42)51)43-30-40(21-23-46(43)65-51)64-39-20-22-45(61-3)37(28-39)32-57/h4,15-16,18-23,28-30,32,34,36,41,47,49-50,55-56H,1,5-14,17,24-27,31,33H2,2-3H3. The molecule has 348 valence electrons. The summed E-state index contributed by atoms with van der Waals surface area (Å²) in [4.78, 5) is 45.3. The number of unbranched alkanes of at least 4 members (excludes halogenated alkanes) is 2. The molecule has 3 aliphatic carbocycles. The van der Waals surface area contributed by atoms with Gasteiger partial charge in [0.05, 0.1) is 35.8 Å². The van der Waals surface area contributed by atoms with Crippen molar-refractivity contribution in [2.24, 2.45) is 28.8 Å². The summed E-state index contributed by atoms with van der Waals surface area (Å²) in [5.74, 6) is 0.377. The first-order valence-corrected chi connectivity index (χ1v) is 23.1. The fourth-order valence-electron chi connectivity index (χ4n) is 10.7. The van der Waals surface area contributed by atoms with Crippen LogP contribution in [0.25, 0.3) is 0 Å². The summed E-state index contributed by atoms with van der Waals surface area (Å²) in [5.41, 5.74) is 3.47. The summed E-state index contributed by atoms with van der Waals surface area (Å²) < 4.78 is 26.2. The van der Waals surface area contributed by atoms with Gasteiger partial charge in [-0.05, 0) is 110 Å². The number of ether oxygens (including phenoxy) is 4. The molecule has 3 aromatic carbocycles. The second kappa shape index (κ2) is 22.1. The number of carbonyl (C=O) groups is 2. The third kappa shape index (κ3) is 10.6. The van der Waals surface area contributed by atoms with E-state index in [1.54, 1.807) is 41.3 Å². The summed E-state index contributed by atoms with van der Waals surface area (Å²) >= 11 is 0. The maximum absolute atomic E-state index is 14.5. The van der Waals surface area contributed by atoms with Gasteiger partial charge in [-0.25, -0.2) is 0 Å². The summed E-state index contributed by atoms with van der Waals surface area (Å²) in [6.07, 6.45) is 15.2. The number of fused-ring (bicyclic) bond motifs is 2. The summed E-state index contributed by atoms with van der Waals surface area (Å²) in [6, 6.07) is 16.3. The zero-order chi connectivity index (χ0) is 45.9. The molecule has 0 bridgehead atoms. The minimum Gasteiger partial charge on any atom is -0.496 e. The van der Waals surface area contributed by atoms with Crippen LogP contribution in [0, 0.1) is 33.8 Å². The Hall–Kier alpha value is -5.57. The summed E-state index contributed by atoms with van der Waals surface area (Å²) in [6.45, 7) is 4.35. The van der Waals surface area contributed by atoms with Crippen molar-refractivity contribution in [3.05, 3.63) is 112 Å². The Morgan fingerprint density at radius 1 is 1.00 bits per heavy atom. The molecule has 0 radical (unpaired) electrons. The number of aliphatic hydroxyl groups is 2. The Balaban J connectivity index is 1.37. The van der Waals surface area contributed by atoms with E-state index in [1.807, 2.05) is 25.2 Å². The van der Waals surface area contributed by atoms with Crippen LogP contribution >= 0.6 is 0 Å². The van der Waals surface area contributed by atoms with Crippen LogP contribution in [0.15, 0.2) is 90.1 Å². The normalized spacial score (nSPS) is 24.0. The first-order chi connectivity index (χ1) is 31.6. The molecule has 2 N–H and O–H groups in total. The van der Waals surface area contributed by atoms with Gasteiger partial charge in [0.25, 0.3) is 5.69 Å². The van der Waals surface area contributed by atoms with E-state index in [2.05, 4.69) is 12.7 Å². The van der Waals surface area contributed by atoms with E-state index in [-0.39, 0.29) is 62.2 Å². The van der Waals surface area contributed by atoms with Gasteiger partial charge in [-0.2, -0.15) is 0 Å². The number of hydrogen-bond acceptors (Lipinski definition) is 12. The molecule has 1 heterocycles. The Kier molecular flexibility index (Phi) is 16.1. The van der Waals surface area contributed by atoms with Gasteiger partial charge in [0.1, 0.15) is 35.6 Å². The molecule has 4 aliphatic rings. The van der Waals surface area contributed by atoms with Crippen molar-refractivity contribution in [3.63, 3.8) is 0 Å². The molecule has 14 heteroatoms. The number of aldehydes is 1. The number of non-ortho nitro benzene ring substituents is 1. The number of nitro groups is 1. The Bertz CT molecular complexity index is 2200. The second-order valence-corrected chi connectivity index (χ2v) is 17.8. The number of rotatable bonds is 23. The molecule has 1 amide bonds. The van der Waals surface area contributed by atoms with Crippen molar-refractivity contribution < 1.29 is 48.5 Å². The van der Waals surface area contributed by atoms with E-state index >= 15 is 0 Å². The number of amides is 1. The molecule has 0 aromatic heterocycles. The molecule has 2 fully saturated rings. The van der Waals surface area contributed by atoms with Gasteiger partial charge in [-0.3, -0.25) is 19.7 Å². The zero-order valence-electron chi connectivity index (χ0n) is 37.6. The lowest BCUT2D eigenvalue weighted by molar-refractivity contribution is -0.384. The molecule has 0 saturated heterocycles. The smallest absolute Gasteiger partial charge is 0.269 e. The highest BCUT2D eigenvalue weighted by molar-refractivity contribution is 6.03. The van der Waals surface area contributed by atoms with Crippen molar-refractivity contribution in [1.82, 2.24) is 4.90 Å². The zero-order valence-corrected chi connectivity index (χ0v) is 37.6. The average Bonchev–Trinajstić information content (AvgIpc) is 3.85. The summed E-state index contributed by atoms with van der Waals surface area (Å²) in [5, 5.41) is 36.1. The minimum absolute atomic E-state index is 0.00523. The van der Waals surface area contributed by atoms with Crippen molar-refractivity contribution in [1.29, 1.82) is 0 Å².